The fourth-order valence-corrected chi connectivity index (χ4v) is 3.02. The van der Waals surface area contributed by atoms with E-state index in [1.165, 1.54) is 6.07 Å². The molecule has 1 N–H and O–H groups in total. The molecule has 0 unspecified atom stereocenters. The van der Waals surface area contributed by atoms with Gasteiger partial charge in [0.05, 0.1) is 0 Å². The van der Waals surface area contributed by atoms with Gasteiger partial charge in [-0.05, 0) is 51.5 Å². The molecule has 19 heavy (non-hydrogen) atoms. The zero-order valence-electron chi connectivity index (χ0n) is 12.1. The van der Waals surface area contributed by atoms with Crippen molar-refractivity contribution in [2.45, 2.75) is 45.3 Å². The van der Waals surface area contributed by atoms with E-state index >= 15 is 0 Å². The second-order valence-electron chi connectivity index (χ2n) is 6.68. The first-order valence-corrected chi connectivity index (χ1v) is 7.42. The lowest BCUT2D eigenvalue weighted by Gasteiger charge is -2.49. The van der Waals surface area contributed by atoms with Crippen molar-refractivity contribution in [3.63, 3.8) is 0 Å². The molecule has 1 aromatic carbocycles. The SMILES string of the molecule is CC1(C)CN(Cc2cc(F)cc(Br)c2)C(C)(C)CN1. The minimum absolute atomic E-state index is 0.0777. The van der Waals surface area contributed by atoms with Crippen LogP contribution in [0.1, 0.15) is 33.3 Å². The Balaban J connectivity index is 2.19. The van der Waals surface area contributed by atoms with Crippen LogP contribution in [-0.2, 0) is 6.54 Å². The van der Waals surface area contributed by atoms with Crippen molar-refractivity contribution < 1.29 is 4.39 Å². The zero-order chi connectivity index (χ0) is 14.3. The lowest BCUT2D eigenvalue weighted by molar-refractivity contribution is 0.0323. The molecule has 1 aromatic rings. The Kier molecular flexibility index (Phi) is 4.05. The molecule has 1 saturated heterocycles. The van der Waals surface area contributed by atoms with Gasteiger partial charge < -0.3 is 5.32 Å². The number of halogens is 2. The summed E-state index contributed by atoms with van der Waals surface area (Å²) in [6.45, 7) is 11.5. The van der Waals surface area contributed by atoms with Gasteiger partial charge >= 0.3 is 0 Å². The molecule has 0 aromatic heterocycles. The maximum Gasteiger partial charge on any atom is 0.124 e. The van der Waals surface area contributed by atoms with Crippen molar-refractivity contribution in [1.82, 2.24) is 10.2 Å². The van der Waals surface area contributed by atoms with Gasteiger partial charge in [0.2, 0.25) is 0 Å². The van der Waals surface area contributed by atoms with Gasteiger partial charge in [0.25, 0.3) is 0 Å². The number of benzene rings is 1. The number of nitrogens with zero attached hydrogens (tertiary/aromatic N) is 1. The first kappa shape index (κ1) is 14.9. The molecular formula is C15H22BrFN2. The molecule has 4 heteroatoms. The van der Waals surface area contributed by atoms with Crippen LogP contribution in [-0.4, -0.2) is 29.1 Å². The Labute approximate surface area is 123 Å². The molecule has 106 valence electrons. The van der Waals surface area contributed by atoms with Crippen LogP contribution in [0.4, 0.5) is 4.39 Å². The molecule has 0 aliphatic carbocycles. The van der Waals surface area contributed by atoms with Gasteiger partial charge in [-0.1, -0.05) is 15.9 Å². The van der Waals surface area contributed by atoms with Crippen LogP contribution >= 0.6 is 15.9 Å². The number of rotatable bonds is 2. The Bertz CT molecular complexity index is 451. The van der Waals surface area contributed by atoms with E-state index in [4.69, 9.17) is 0 Å². The Hall–Kier alpha value is -0.450. The summed E-state index contributed by atoms with van der Waals surface area (Å²) in [5.74, 6) is -0.184. The Morgan fingerprint density at radius 3 is 2.58 bits per heavy atom. The van der Waals surface area contributed by atoms with Gasteiger partial charge in [0.15, 0.2) is 0 Å². The zero-order valence-corrected chi connectivity index (χ0v) is 13.6. The highest BCUT2D eigenvalue weighted by molar-refractivity contribution is 9.10. The fraction of sp³-hybridized carbons (Fsp3) is 0.600. The topological polar surface area (TPSA) is 15.3 Å². The van der Waals surface area contributed by atoms with Crippen LogP contribution in [0.15, 0.2) is 22.7 Å². The molecule has 0 atom stereocenters. The van der Waals surface area contributed by atoms with E-state index in [0.29, 0.717) is 0 Å². The van der Waals surface area contributed by atoms with Gasteiger partial charge in [-0.25, -0.2) is 4.39 Å². The van der Waals surface area contributed by atoms with Crippen molar-refractivity contribution in [1.29, 1.82) is 0 Å². The van der Waals surface area contributed by atoms with E-state index in [2.05, 4.69) is 53.8 Å². The van der Waals surface area contributed by atoms with Gasteiger partial charge in [0.1, 0.15) is 5.82 Å². The molecule has 1 fully saturated rings. The highest BCUT2D eigenvalue weighted by Gasteiger charge is 2.37. The van der Waals surface area contributed by atoms with Crippen LogP contribution < -0.4 is 5.32 Å². The van der Waals surface area contributed by atoms with Crippen molar-refractivity contribution in [3.8, 4) is 0 Å². The number of hydrogen-bond donors (Lipinski definition) is 1. The maximum absolute atomic E-state index is 13.5. The summed E-state index contributed by atoms with van der Waals surface area (Å²) >= 11 is 3.36. The molecular weight excluding hydrogens is 307 g/mol. The molecule has 0 saturated carbocycles. The highest BCUT2D eigenvalue weighted by atomic mass is 79.9. The van der Waals surface area contributed by atoms with Crippen LogP contribution in [0, 0.1) is 5.82 Å². The first-order chi connectivity index (χ1) is 8.68. The second-order valence-corrected chi connectivity index (χ2v) is 7.60. The molecule has 2 nitrogen and oxygen atoms in total. The average molecular weight is 329 g/mol. The summed E-state index contributed by atoms with van der Waals surface area (Å²) in [6, 6.07) is 5.11. The predicted molar refractivity (Wildman–Crippen MR) is 80.7 cm³/mol. The quantitative estimate of drug-likeness (QED) is 0.893. The maximum atomic E-state index is 13.5. The largest absolute Gasteiger partial charge is 0.309 e. The van der Waals surface area contributed by atoms with Crippen LogP contribution in [0.5, 0.6) is 0 Å². The number of piperazine rings is 1. The van der Waals surface area contributed by atoms with E-state index in [-0.39, 0.29) is 16.9 Å². The van der Waals surface area contributed by atoms with Crippen molar-refractivity contribution in [2.24, 2.45) is 0 Å². The normalized spacial score (nSPS) is 22.4. The summed E-state index contributed by atoms with van der Waals surface area (Å²) in [4.78, 5) is 2.42. The summed E-state index contributed by atoms with van der Waals surface area (Å²) in [5, 5.41) is 3.56. The van der Waals surface area contributed by atoms with E-state index in [1.807, 2.05) is 6.07 Å². The number of hydrogen-bond acceptors (Lipinski definition) is 2. The smallest absolute Gasteiger partial charge is 0.124 e. The van der Waals surface area contributed by atoms with Gasteiger partial charge in [-0.3, -0.25) is 4.90 Å². The second kappa shape index (κ2) is 5.15. The van der Waals surface area contributed by atoms with Crippen molar-refractivity contribution >= 4 is 15.9 Å². The summed E-state index contributed by atoms with van der Waals surface area (Å²) < 4.78 is 14.3. The van der Waals surface area contributed by atoms with Gasteiger partial charge in [0, 0.05) is 35.2 Å². The van der Waals surface area contributed by atoms with E-state index < -0.39 is 0 Å². The molecule has 2 rings (SSSR count). The predicted octanol–water partition coefficient (Wildman–Crippen LogP) is 3.55. The molecule has 1 heterocycles. The van der Waals surface area contributed by atoms with Crippen LogP contribution in [0.3, 0.4) is 0 Å². The summed E-state index contributed by atoms with van der Waals surface area (Å²) in [5.41, 5.74) is 1.19. The van der Waals surface area contributed by atoms with Gasteiger partial charge in [-0.2, -0.15) is 0 Å². The van der Waals surface area contributed by atoms with E-state index in [9.17, 15) is 4.39 Å². The Morgan fingerprint density at radius 1 is 1.26 bits per heavy atom. The lowest BCUT2D eigenvalue weighted by atomic mass is 9.91. The van der Waals surface area contributed by atoms with E-state index in [0.717, 1.165) is 29.7 Å². The van der Waals surface area contributed by atoms with Crippen molar-refractivity contribution in [2.75, 3.05) is 13.1 Å². The monoisotopic (exact) mass is 328 g/mol. The third-order valence-corrected chi connectivity index (χ3v) is 4.20. The minimum atomic E-state index is -0.184. The van der Waals surface area contributed by atoms with Crippen LogP contribution in [0.2, 0.25) is 0 Å². The summed E-state index contributed by atoms with van der Waals surface area (Å²) in [6.07, 6.45) is 0. The molecule has 1 aliphatic heterocycles. The average Bonchev–Trinajstić information content (AvgIpc) is 2.22. The summed E-state index contributed by atoms with van der Waals surface area (Å²) in [7, 11) is 0. The fourth-order valence-electron chi connectivity index (χ4n) is 2.51. The van der Waals surface area contributed by atoms with E-state index in [1.54, 1.807) is 6.07 Å². The van der Waals surface area contributed by atoms with Crippen molar-refractivity contribution in [3.05, 3.63) is 34.1 Å². The molecule has 0 bridgehead atoms. The molecule has 0 spiro atoms. The molecule has 0 radical (unpaired) electrons. The third kappa shape index (κ3) is 3.77. The van der Waals surface area contributed by atoms with Gasteiger partial charge in [-0.15, -0.1) is 0 Å². The third-order valence-electron chi connectivity index (χ3n) is 3.74. The number of nitrogens with one attached hydrogen (secondary N) is 1. The first-order valence-electron chi connectivity index (χ1n) is 6.63. The lowest BCUT2D eigenvalue weighted by Crippen LogP contribution is -2.65. The molecule has 1 aliphatic rings. The van der Waals surface area contributed by atoms with Crippen LogP contribution in [0.25, 0.3) is 0 Å². The minimum Gasteiger partial charge on any atom is -0.309 e. The Morgan fingerprint density at radius 2 is 1.95 bits per heavy atom. The standard InChI is InChI=1S/C15H22BrFN2/c1-14(2)10-19(15(3,4)9-18-14)8-11-5-12(16)7-13(17)6-11/h5-7,18H,8-10H2,1-4H3. The molecule has 0 amide bonds. The highest BCUT2D eigenvalue weighted by Crippen LogP contribution is 2.26.